The zero-order chi connectivity index (χ0) is 10.7. The van der Waals surface area contributed by atoms with Crippen molar-refractivity contribution in [1.82, 2.24) is 10.3 Å². The zero-order valence-electron chi connectivity index (χ0n) is 9.72. The van der Waals surface area contributed by atoms with Gasteiger partial charge in [-0.1, -0.05) is 20.8 Å². The zero-order valence-corrected chi connectivity index (χ0v) is 10.5. The summed E-state index contributed by atoms with van der Waals surface area (Å²) in [6.45, 7) is 10.8. The topological polar surface area (TPSA) is 24.9 Å². The van der Waals surface area contributed by atoms with E-state index in [1.54, 1.807) is 0 Å². The Kier molecular flexibility index (Phi) is 4.08. The first-order valence-electron chi connectivity index (χ1n) is 5.26. The lowest BCUT2D eigenvalue weighted by atomic mass is 10.3. The summed E-state index contributed by atoms with van der Waals surface area (Å²) in [5.41, 5.74) is 1.25. The minimum atomic E-state index is 0.374. The molecule has 1 aromatic heterocycles. The molecular weight excluding hydrogens is 192 g/mol. The summed E-state index contributed by atoms with van der Waals surface area (Å²) >= 11 is 1.82. The Hall–Kier alpha value is -0.410. The highest BCUT2D eigenvalue weighted by atomic mass is 32.1. The smallest absolute Gasteiger partial charge is 0.110 e. The summed E-state index contributed by atoms with van der Waals surface area (Å²) in [5.74, 6) is 0. The molecule has 0 saturated carbocycles. The lowest BCUT2D eigenvalue weighted by Gasteiger charge is -2.13. The summed E-state index contributed by atoms with van der Waals surface area (Å²) < 4.78 is 0. The van der Waals surface area contributed by atoms with Gasteiger partial charge in [-0.15, -0.1) is 11.3 Å². The highest BCUT2D eigenvalue weighted by Gasteiger charge is 2.12. The second-order valence-electron chi connectivity index (χ2n) is 3.95. The van der Waals surface area contributed by atoms with E-state index in [1.807, 2.05) is 11.3 Å². The molecule has 0 spiro atoms. The molecule has 0 amide bonds. The van der Waals surface area contributed by atoms with Crippen molar-refractivity contribution in [2.45, 2.75) is 53.1 Å². The standard InChI is InChI=1S/C11H20N2S/c1-6-10-9(5)14-11(13-10)8(4)12-7(2)3/h7-8,12H,6H2,1-5H3. The molecule has 3 heteroatoms. The molecule has 0 aliphatic heterocycles. The third kappa shape index (κ3) is 2.79. The van der Waals surface area contributed by atoms with E-state index in [0.29, 0.717) is 12.1 Å². The van der Waals surface area contributed by atoms with Crippen molar-refractivity contribution in [3.8, 4) is 0 Å². The van der Waals surface area contributed by atoms with Crippen LogP contribution in [0.15, 0.2) is 0 Å². The maximum absolute atomic E-state index is 4.64. The van der Waals surface area contributed by atoms with Crippen molar-refractivity contribution >= 4 is 11.3 Å². The van der Waals surface area contributed by atoms with Crippen molar-refractivity contribution in [3.63, 3.8) is 0 Å². The van der Waals surface area contributed by atoms with Crippen LogP contribution in [0.5, 0.6) is 0 Å². The van der Waals surface area contributed by atoms with E-state index < -0.39 is 0 Å². The molecule has 2 nitrogen and oxygen atoms in total. The molecule has 1 N–H and O–H groups in total. The molecule has 1 rings (SSSR count). The highest BCUT2D eigenvalue weighted by molar-refractivity contribution is 7.11. The van der Waals surface area contributed by atoms with Crippen LogP contribution in [0, 0.1) is 6.92 Å². The number of thiazole rings is 1. The molecule has 0 aliphatic rings. The Morgan fingerprint density at radius 1 is 1.36 bits per heavy atom. The minimum Gasteiger partial charge on any atom is -0.306 e. The third-order valence-corrected chi connectivity index (χ3v) is 3.39. The minimum absolute atomic E-state index is 0.374. The Bertz CT molecular complexity index is 291. The van der Waals surface area contributed by atoms with E-state index in [-0.39, 0.29) is 0 Å². The van der Waals surface area contributed by atoms with Gasteiger partial charge in [0, 0.05) is 10.9 Å². The van der Waals surface area contributed by atoms with E-state index in [1.165, 1.54) is 15.6 Å². The monoisotopic (exact) mass is 212 g/mol. The van der Waals surface area contributed by atoms with Crippen LogP contribution in [0.2, 0.25) is 0 Å². The van der Waals surface area contributed by atoms with Gasteiger partial charge in [0.2, 0.25) is 0 Å². The van der Waals surface area contributed by atoms with Crippen LogP contribution in [0.4, 0.5) is 0 Å². The molecule has 1 atom stereocenters. The summed E-state index contributed by atoms with van der Waals surface area (Å²) in [4.78, 5) is 6.00. The lowest BCUT2D eigenvalue weighted by Crippen LogP contribution is -2.25. The molecule has 0 aromatic carbocycles. The lowest BCUT2D eigenvalue weighted by molar-refractivity contribution is 0.504. The maximum Gasteiger partial charge on any atom is 0.110 e. The largest absolute Gasteiger partial charge is 0.306 e. The van der Waals surface area contributed by atoms with Gasteiger partial charge in [0.1, 0.15) is 5.01 Å². The van der Waals surface area contributed by atoms with Crippen LogP contribution < -0.4 is 5.32 Å². The van der Waals surface area contributed by atoms with Crippen LogP contribution in [0.25, 0.3) is 0 Å². The molecule has 0 aliphatic carbocycles. The molecule has 1 aromatic rings. The summed E-state index contributed by atoms with van der Waals surface area (Å²) in [7, 11) is 0. The van der Waals surface area contributed by atoms with E-state index in [4.69, 9.17) is 0 Å². The second kappa shape index (κ2) is 4.89. The predicted octanol–water partition coefficient (Wildman–Crippen LogP) is 3.07. The average Bonchev–Trinajstić information content (AvgIpc) is 2.45. The maximum atomic E-state index is 4.64. The molecular formula is C11H20N2S. The molecule has 1 heterocycles. The number of aromatic nitrogens is 1. The summed E-state index contributed by atoms with van der Waals surface area (Å²) in [5, 5.41) is 4.69. The molecule has 80 valence electrons. The molecule has 14 heavy (non-hydrogen) atoms. The van der Waals surface area contributed by atoms with Crippen LogP contribution in [-0.2, 0) is 6.42 Å². The van der Waals surface area contributed by atoms with Gasteiger partial charge in [-0.3, -0.25) is 0 Å². The average molecular weight is 212 g/mol. The first-order valence-corrected chi connectivity index (χ1v) is 6.08. The summed E-state index contributed by atoms with van der Waals surface area (Å²) in [6, 6.07) is 0.887. The number of aryl methyl sites for hydroxylation is 2. The number of nitrogens with zero attached hydrogens (tertiary/aromatic N) is 1. The SMILES string of the molecule is CCc1nc(C(C)NC(C)C)sc1C. The van der Waals surface area contributed by atoms with Crippen molar-refractivity contribution < 1.29 is 0 Å². The van der Waals surface area contributed by atoms with Gasteiger partial charge in [-0.05, 0) is 20.3 Å². The van der Waals surface area contributed by atoms with E-state index in [0.717, 1.165) is 6.42 Å². The Labute approximate surface area is 90.8 Å². The normalized spacial score (nSPS) is 13.6. The van der Waals surface area contributed by atoms with Crippen molar-refractivity contribution in [2.75, 3.05) is 0 Å². The Balaban J connectivity index is 2.75. The van der Waals surface area contributed by atoms with E-state index in [9.17, 15) is 0 Å². The van der Waals surface area contributed by atoms with Gasteiger partial charge in [-0.25, -0.2) is 4.98 Å². The van der Waals surface area contributed by atoms with Crippen LogP contribution in [0.3, 0.4) is 0 Å². The fourth-order valence-electron chi connectivity index (χ4n) is 1.53. The fraction of sp³-hybridized carbons (Fsp3) is 0.727. The Morgan fingerprint density at radius 3 is 2.43 bits per heavy atom. The molecule has 0 radical (unpaired) electrons. The van der Waals surface area contributed by atoms with Gasteiger partial charge in [-0.2, -0.15) is 0 Å². The number of hydrogen-bond acceptors (Lipinski definition) is 3. The van der Waals surface area contributed by atoms with Crippen LogP contribution in [0.1, 0.15) is 49.3 Å². The molecule has 0 bridgehead atoms. The van der Waals surface area contributed by atoms with Crippen molar-refractivity contribution in [1.29, 1.82) is 0 Å². The Morgan fingerprint density at radius 2 is 2.00 bits per heavy atom. The third-order valence-electron chi connectivity index (χ3n) is 2.20. The number of nitrogens with one attached hydrogen (secondary N) is 1. The molecule has 1 unspecified atom stereocenters. The predicted molar refractivity (Wildman–Crippen MR) is 62.9 cm³/mol. The quantitative estimate of drug-likeness (QED) is 0.829. The van der Waals surface area contributed by atoms with Gasteiger partial charge in [0.05, 0.1) is 11.7 Å². The first-order chi connectivity index (χ1) is 6.54. The van der Waals surface area contributed by atoms with Gasteiger partial charge >= 0.3 is 0 Å². The second-order valence-corrected chi connectivity index (χ2v) is 5.19. The van der Waals surface area contributed by atoms with Gasteiger partial charge in [0.25, 0.3) is 0 Å². The molecule has 0 fully saturated rings. The first kappa shape index (κ1) is 11.7. The van der Waals surface area contributed by atoms with Crippen LogP contribution >= 0.6 is 11.3 Å². The molecule has 0 saturated heterocycles. The van der Waals surface area contributed by atoms with E-state index in [2.05, 4.69) is 44.9 Å². The highest BCUT2D eigenvalue weighted by Crippen LogP contribution is 2.23. The van der Waals surface area contributed by atoms with E-state index >= 15 is 0 Å². The van der Waals surface area contributed by atoms with Crippen molar-refractivity contribution in [2.24, 2.45) is 0 Å². The van der Waals surface area contributed by atoms with Gasteiger partial charge in [0.15, 0.2) is 0 Å². The number of hydrogen-bond donors (Lipinski definition) is 1. The summed E-state index contributed by atoms with van der Waals surface area (Å²) in [6.07, 6.45) is 1.04. The fourth-order valence-corrected chi connectivity index (χ4v) is 2.56. The van der Waals surface area contributed by atoms with Gasteiger partial charge < -0.3 is 5.32 Å². The van der Waals surface area contributed by atoms with Crippen molar-refractivity contribution in [3.05, 3.63) is 15.6 Å². The van der Waals surface area contributed by atoms with Crippen LogP contribution in [-0.4, -0.2) is 11.0 Å². The number of rotatable bonds is 4.